The van der Waals surface area contributed by atoms with Crippen molar-refractivity contribution in [3.8, 4) is 34.2 Å². The molecule has 1 heterocycles. The Morgan fingerprint density at radius 1 is 0.273 bits per heavy atom. The van der Waals surface area contributed by atoms with Crippen LogP contribution in [0.1, 0.15) is 0 Å². The van der Waals surface area contributed by atoms with E-state index in [2.05, 4.69) is 152 Å². The van der Waals surface area contributed by atoms with Crippen molar-refractivity contribution in [1.82, 2.24) is 15.0 Å². The number of nitrogens with zero attached hydrogens (tertiary/aromatic N) is 3. The average molecular weight is 560 g/mol. The maximum atomic E-state index is 5.07. The molecular weight excluding hydrogens is 534 g/mol. The summed E-state index contributed by atoms with van der Waals surface area (Å²) < 4.78 is 0. The Morgan fingerprint density at radius 2 is 0.659 bits per heavy atom. The molecule has 0 aliphatic rings. The third-order valence-electron chi connectivity index (χ3n) is 8.63. The van der Waals surface area contributed by atoms with E-state index in [1.54, 1.807) is 0 Å². The molecule has 0 aliphatic heterocycles. The summed E-state index contributed by atoms with van der Waals surface area (Å²) in [5, 5.41) is 12.1. The average Bonchev–Trinajstić information content (AvgIpc) is 3.10. The summed E-state index contributed by atoms with van der Waals surface area (Å²) in [6.07, 6.45) is 0. The minimum Gasteiger partial charge on any atom is -0.208 e. The fourth-order valence-corrected chi connectivity index (χ4v) is 6.39. The van der Waals surface area contributed by atoms with E-state index in [4.69, 9.17) is 15.0 Å². The largest absolute Gasteiger partial charge is 0.208 e. The quantitative estimate of drug-likeness (QED) is 0.202. The topological polar surface area (TPSA) is 38.7 Å². The molecule has 9 aromatic rings. The van der Waals surface area contributed by atoms with Gasteiger partial charge in [0.1, 0.15) is 0 Å². The normalized spacial score (nSPS) is 11.6. The molecule has 0 N–H and O–H groups in total. The summed E-state index contributed by atoms with van der Waals surface area (Å²) in [6, 6.07) is 53.5. The highest BCUT2D eigenvalue weighted by atomic mass is 15.0. The summed E-state index contributed by atoms with van der Waals surface area (Å²) in [5.74, 6) is 1.98. The van der Waals surface area contributed by atoms with E-state index in [0.717, 1.165) is 32.8 Å². The number of hydrogen-bond donors (Lipinski definition) is 0. The van der Waals surface area contributed by atoms with Gasteiger partial charge in [0.2, 0.25) is 0 Å². The molecule has 0 saturated heterocycles. The first-order valence-corrected chi connectivity index (χ1v) is 14.9. The van der Waals surface area contributed by atoms with Gasteiger partial charge in [-0.25, -0.2) is 15.0 Å². The summed E-state index contributed by atoms with van der Waals surface area (Å²) in [7, 11) is 0. The van der Waals surface area contributed by atoms with Gasteiger partial charge in [-0.1, -0.05) is 133 Å². The molecule has 0 unspecified atom stereocenters. The molecule has 8 aromatic carbocycles. The second-order valence-corrected chi connectivity index (χ2v) is 11.3. The van der Waals surface area contributed by atoms with Crippen LogP contribution in [0.25, 0.3) is 88.0 Å². The van der Waals surface area contributed by atoms with E-state index in [1.165, 1.54) is 37.7 Å². The van der Waals surface area contributed by atoms with E-state index < -0.39 is 0 Å². The molecule has 9 rings (SSSR count). The second kappa shape index (κ2) is 9.82. The van der Waals surface area contributed by atoms with Crippen LogP contribution < -0.4 is 0 Å². The minimum atomic E-state index is 0.659. The molecule has 3 nitrogen and oxygen atoms in total. The fraction of sp³-hybridized carbons (Fsp3) is 0. The van der Waals surface area contributed by atoms with Crippen molar-refractivity contribution in [3.63, 3.8) is 0 Å². The summed E-state index contributed by atoms with van der Waals surface area (Å²) >= 11 is 0. The molecule has 1 aromatic heterocycles. The molecule has 0 atom stereocenters. The van der Waals surface area contributed by atoms with Crippen molar-refractivity contribution in [2.45, 2.75) is 0 Å². The SMILES string of the molecule is c1ccc2cc(-c3nc(-c4ccc5ccccc5c4)nc(-c4ccc5c(ccc6ccc7ccccc7c65)c4)n3)ccc2c1. The van der Waals surface area contributed by atoms with Crippen LogP contribution in [0.3, 0.4) is 0 Å². The lowest BCUT2D eigenvalue weighted by Crippen LogP contribution is -2.00. The Balaban J connectivity index is 1.26. The van der Waals surface area contributed by atoms with E-state index >= 15 is 0 Å². The number of fused-ring (bicyclic) bond motifs is 7. The first kappa shape index (κ1) is 24.6. The Bertz CT molecular complexity index is 2470. The van der Waals surface area contributed by atoms with Crippen LogP contribution >= 0.6 is 0 Å². The molecule has 0 fully saturated rings. The van der Waals surface area contributed by atoms with Crippen molar-refractivity contribution in [1.29, 1.82) is 0 Å². The number of hydrogen-bond acceptors (Lipinski definition) is 3. The van der Waals surface area contributed by atoms with Crippen LogP contribution in [-0.4, -0.2) is 15.0 Å². The first-order chi connectivity index (χ1) is 21.8. The van der Waals surface area contributed by atoms with E-state index in [-0.39, 0.29) is 0 Å². The van der Waals surface area contributed by atoms with Gasteiger partial charge in [-0.2, -0.15) is 0 Å². The van der Waals surface area contributed by atoms with Crippen LogP contribution in [0.5, 0.6) is 0 Å². The molecule has 0 bridgehead atoms. The standard InChI is InChI=1S/C41H25N3/c1-3-10-30-23-33(19-13-26(30)7-1)39-42-40(34-20-14-27-8-2-4-11-31(27)24-34)44-41(43-39)35-21-22-37-32(25-35)18-17-29-16-15-28-9-5-6-12-36(28)38(29)37/h1-25H. The van der Waals surface area contributed by atoms with Crippen LogP contribution in [0.4, 0.5) is 0 Å². The summed E-state index contributed by atoms with van der Waals surface area (Å²) in [5.41, 5.74) is 2.89. The molecule has 0 spiro atoms. The molecule has 0 radical (unpaired) electrons. The lowest BCUT2D eigenvalue weighted by molar-refractivity contribution is 1.08. The van der Waals surface area contributed by atoms with Gasteiger partial charge in [0.25, 0.3) is 0 Å². The Morgan fingerprint density at radius 3 is 1.25 bits per heavy atom. The number of rotatable bonds is 3. The smallest absolute Gasteiger partial charge is 0.164 e. The maximum absolute atomic E-state index is 5.07. The van der Waals surface area contributed by atoms with Crippen molar-refractivity contribution in [2.24, 2.45) is 0 Å². The molecule has 0 amide bonds. The number of aromatic nitrogens is 3. The monoisotopic (exact) mass is 559 g/mol. The van der Waals surface area contributed by atoms with E-state index in [1.807, 2.05) is 0 Å². The minimum absolute atomic E-state index is 0.659. The van der Waals surface area contributed by atoms with Gasteiger partial charge in [-0.15, -0.1) is 0 Å². The molecule has 204 valence electrons. The Labute approximate surface area is 254 Å². The van der Waals surface area contributed by atoms with Gasteiger partial charge in [-0.05, 0) is 72.1 Å². The highest BCUT2D eigenvalue weighted by Gasteiger charge is 2.14. The molecule has 3 heteroatoms. The van der Waals surface area contributed by atoms with Gasteiger partial charge in [0.15, 0.2) is 17.5 Å². The van der Waals surface area contributed by atoms with Gasteiger partial charge < -0.3 is 0 Å². The van der Waals surface area contributed by atoms with Gasteiger partial charge in [-0.3, -0.25) is 0 Å². The summed E-state index contributed by atoms with van der Waals surface area (Å²) in [6.45, 7) is 0. The third-order valence-corrected chi connectivity index (χ3v) is 8.63. The van der Waals surface area contributed by atoms with Crippen LogP contribution in [0.2, 0.25) is 0 Å². The lowest BCUT2D eigenvalue weighted by atomic mass is 9.95. The van der Waals surface area contributed by atoms with Crippen molar-refractivity contribution < 1.29 is 0 Å². The first-order valence-electron chi connectivity index (χ1n) is 14.9. The van der Waals surface area contributed by atoms with E-state index in [9.17, 15) is 0 Å². The molecule has 0 aliphatic carbocycles. The predicted molar refractivity (Wildman–Crippen MR) is 184 cm³/mol. The van der Waals surface area contributed by atoms with Gasteiger partial charge in [0.05, 0.1) is 0 Å². The molecular formula is C41H25N3. The molecule has 44 heavy (non-hydrogen) atoms. The third kappa shape index (κ3) is 4.10. The lowest BCUT2D eigenvalue weighted by Gasteiger charge is -2.11. The zero-order valence-corrected chi connectivity index (χ0v) is 23.8. The zero-order chi connectivity index (χ0) is 29.0. The second-order valence-electron chi connectivity index (χ2n) is 11.3. The maximum Gasteiger partial charge on any atom is 0.164 e. The van der Waals surface area contributed by atoms with Crippen molar-refractivity contribution >= 4 is 53.9 Å². The highest BCUT2D eigenvalue weighted by Crippen LogP contribution is 2.35. The van der Waals surface area contributed by atoms with E-state index in [0.29, 0.717) is 17.5 Å². The predicted octanol–water partition coefficient (Wildman–Crippen LogP) is 10.6. The summed E-state index contributed by atoms with van der Waals surface area (Å²) in [4.78, 5) is 15.2. The Hall–Kier alpha value is -5.93. The fourth-order valence-electron chi connectivity index (χ4n) is 6.39. The Kier molecular flexibility index (Phi) is 5.50. The van der Waals surface area contributed by atoms with Gasteiger partial charge >= 0.3 is 0 Å². The highest BCUT2D eigenvalue weighted by molar-refractivity contribution is 6.20. The molecule has 0 saturated carbocycles. The van der Waals surface area contributed by atoms with Crippen LogP contribution in [0.15, 0.2) is 152 Å². The van der Waals surface area contributed by atoms with Crippen molar-refractivity contribution in [2.75, 3.05) is 0 Å². The van der Waals surface area contributed by atoms with Crippen molar-refractivity contribution in [3.05, 3.63) is 152 Å². The number of benzene rings is 8. The zero-order valence-electron chi connectivity index (χ0n) is 23.8. The van der Waals surface area contributed by atoms with Crippen LogP contribution in [-0.2, 0) is 0 Å². The van der Waals surface area contributed by atoms with Crippen LogP contribution in [0, 0.1) is 0 Å². The van der Waals surface area contributed by atoms with Gasteiger partial charge in [0, 0.05) is 16.7 Å².